The Morgan fingerprint density at radius 3 is 2.59 bits per heavy atom. The third kappa shape index (κ3) is 3.11. The smallest absolute Gasteiger partial charge is 0.247 e. The van der Waals surface area contributed by atoms with Gasteiger partial charge >= 0.3 is 0 Å². The van der Waals surface area contributed by atoms with Crippen LogP contribution in [-0.2, 0) is 24.1 Å². The van der Waals surface area contributed by atoms with Crippen LogP contribution < -0.4 is 10.2 Å². The molecule has 4 aliphatic rings. The Morgan fingerprint density at radius 2 is 1.81 bits per heavy atom. The third-order valence-corrected chi connectivity index (χ3v) is 8.37. The molecule has 1 spiro atoms. The van der Waals surface area contributed by atoms with E-state index in [0.29, 0.717) is 17.5 Å². The lowest BCUT2D eigenvalue weighted by Gasteiger charge is -2.44. The van der Waals surface area contributed by atoms with E-state index in [4.69, 9.17) is 11.6 Å². The van der Waals surface area contributed by atoms with E-state index in [1.165, 1.54) is 17.0 Å². The number of hydrogen-bond donors (Lipinski definition) is 2. The maximum Gasteiger partial charge on any atom is 0.247 e. The fraction of sp³-hybridized carbons (Fsp3) is 0.520. The van der Waals surface area contributed by atoms with Crippen LogP contribution >= 0.6 is 11.6 Å². The summed E-state index contributed by atoms with van der Waals surface area (Å²) in [5.74, 6) is 0.530. The summed E-state index contributed by atoms with van der Waals surface area (Å²) in [6, 6.07) is 7.74. The van der Waals surface area contributed by atoms with Crippen LogP contribution in [0.4, 0.5) is 5.69 Å². The first-order valence-corrected chi connectivity index (χ1v) is 12.2. The highest BCUT2D eigenvalue weighted by Crippen LogP contribution is 2.38. The van der Waals surface area contributed by atoms with Gasteiger partial charge < -0.3 is 20.1 Å². The normalized spacial score (nSPS) is 24.7. The highest BCUT2D eigenvalue weighted by atomic mass is 35.5. The quantitative estimate of drug-likeness (QED) is 0.749. The van der Waals surface area contributed by atoms with Crippen molar-refractivity contribution < 1.29 is 9.59 Å². The van der Waals surface area contributed by atoms with Crippen LogP contribution in [0.25, 0.3) is 0 Å². The molecule has 1 amide bonds. The van der Waals surface area contributed by atoms with Gasteiger partial charge in [0.2, 0.25) is 5.91 Å². The maximum atomic E-state index is 13.3. The summed E-state index contributed by atoms with van der Waals surface area (Å²) in [4.78, 5) is 34.4. The zero-order chi connectivity index (χ0) is 21.9. The number of carbonyl (C=O) groups excluding carboxylic acids is 2. The van der Waals surface area contributed by atoms with Crippen molar-refractivity contribution in [3.8, 4) is 0 Å². The van der Waals surface area contributed by atoms with Gasteiger partial charge in [0.05, 0.1) is 6.67 Å². The van der Waals surface area contributed by atoms with E-state index >= 15 is 0 Å². The van der Waals surface area contributed by atoms with E-state index in [-0.39, 0.29) is 11.8 Å². The molecule has 32 heavy (non-hydrogen) atoms. The number of piperidine rings is 1. The molecule has 2 saturated heterocycles. The lowest BCUT2D eigenvalue weighted by molar-refractivity contribution is -0.125. The van der Waals surface area contributed by atoms with Crippen LogP contribution in [0.2, 0.25) is 5.02 Å². The molecule has 1 unspecified atom stereocenters. The average molecular weight is 453 g/mol. The molecule has 2 aromatic rings. The Hall–Kier alpha value is -2.31. The number of ketones is 1. The van der Waals surface area contributed by atoms with E-state index in [1.807, 2.05) is 24.3 Å². The second kappa shape index (κ2) is 7.63. The number of H-pyrrole nitrogens is 1. The average Bonchev–Trinajstić information content (AvgIpc) is 3.47. The van der Waals surface area contributed by atoms with Gasteiger partial charge in [0.1, 0.15) is 5.54 Å². The van der Waals surface area contributed by atoms with Crippen LogP contribution in [0.3, 0.4) is 0 Å². The Morgan fingerprint density at radius 1 is 1.03 bits per heavy atom. The number of anilines is 1. The number of rotatable bonds is 3. The molecule has 2 aliphatic heterocycles. The second-order valence-electron chi connectivity index (χ2n) is 9.79. The lowest BCUT2D eigenvalue weighted by Crippen LogP contribution is -2.57. The van der Waals surface area contributed by atoms with Crippen molar-refractivity contribution in [1.29, 1.82) is 0 Å². The second-order valence-corrected chi connectivity index (χ2v) is 10.2. The van der Waals surface area contributed by atoms with Gasteiger partial charge in [0, 0.05) is 53.2 Å². The highest BCUT2D eigenvalue weighted by molar-refractivity contribution is 6.30. The molecule has 6 nitrogen and oxygen atoms in total. The van der Waals surface area contributed by atoms with Gasteiger partial charge in [0.15, 0.2) is 5.78 Å². The van der Waals surface area contributed by atoms with Gasteiger partial charge in [-0.2, -0.15) is 0 Å². The van der Waals surface area contributed by atoms with Gasteiger partial charge in [-0.15, -0.1) is 0 Å². The summed E-state index contributed by atoms with van der Waals surface area (Å²) in [5, 5.41) is 3.75. The predicted octanol–water partition coefficient (Wildman–Crippen LogP) is 3.33. The zero-order valence-electron chi connectivity index (χ0n) is 18.3. The van der Waals surface area contributed by atoms with E-state index in [9.17, 15) is 9.59 Å². The Kier molecular flexibility index (Phi) is 4.84. The molecule has 1 aromatic carbocycles. The van der Waals surface area contributed by atoms with Crippen molar-refractivity contribution in [3.63, 3.8) is 0 Å². The van der Waals surface area contributed by atoms with E-state index in [2.05, 4.69) is 20.1 Å². The number of fused-ring (bicyclic) bond motifs is 3. The molecule has 7 heteroatoms. The van der Waals surface area contributed by atoms with Crippen LogP contribution in [0.15, 0.2) is 24.3 Å². The molecule has 2 fully saturated rings. The van der Waals surface area contributed by atoms with Crippen molar-refractivity contribution in [2.24, 2.45) is 5.92 Å². The summed E-state index contributed by atoms with van der Waals surface area (Å²) >= 11 is 6.07. The van der Waals surface area contributed by atoms with Crippen LogP contribution in [0, 0.1) is 5.92 Å². The molecule has 2 aliphatic carbocycles. The van der Waals surface area contributed by atoms with E-state index in [1.54, 1.807) is 0 Å². The molecule has 2 N–H and O–H groups in total. The van der Waals surface area contributed by atoms with E-state index < -0.39 is 5.54 Å². The summed E-state index contributed by atoms with van der Waals surface area (Å²) in [5.41, 5.74) is 5.32. The molecule has 1 atom stereocenters. The molecular formula is C25H29ClN4O2. The Labute approximate surface area is 193 Å². The molecule has 0 bridgehead atoms. The molecule has 6 rings (SSSR count). The summed E-state index contributed by atoms with van der Waals surface area (Å²) < 4.78 is 0. The molecule has 1 aromatic heterocycles. The number of amides is 1. The van der Waals surface area contributed by atoms with Crippen molar-refractivity contribution >= 4 is 29.0 Å². The number of aryl methyl sites for hydroxylation is 2. The summed E-state index contributed by atoms with van der Waals surface area (Å²) in [6.45, 7) is 3.00. The molecular weight excluding hydrogens is 424 g/mol. The largest absolute Gasteiger partial charge is 0.361 e. The number of carbonyl (C=O) groups is 2. The van der Waals surface area contributed by atoms with Crippen molar-refractivity contribution in [1.82, 2.24) is 15.2 Å². The number of likely N-dealkylation sites (tertiary alicyclic amines) is 1. The first-order valence-electron chi connectivity index (χ1n) is 11.9. The molecule has 0 radical (unpaired) electrons. The number of nitrogens with one attached hydrogen (secondary N) is 2. The van der Waals surface area contributed by atoms with Gasteiger partial charge in [-0.05, 0) is 74.8 Å². The molecule has 0 saturated carbocycles. The van der Waals surface area contributed by atoms with Crippen molar-refractivity contribution in [2.75, 3.05) is 31.2 Å². The number of Topliss-reactive ketones (excluding diaryl/α,β-unsaturated/α-hetero) is 1. The first kappa shape index (κ1) is 20.3. The van der Waals surface area contributed by atoms with Gasteiger partial charge in [0.25, 0.3) is 0 Å². The monoisotopic (exact) mass is 452 g/mol. The number of nitrogens with zero attached hydrogens (tertiary/aromatic N) is 2. The Balaban J connectivity index is 1.15. The minimum absolute atomic E-state index is 0.0711. The first-order chi connectivity index (χ1) is 15.5. The standard InChI is InChI=1S/C25H29ClN4O2/c26-17-5-7-18(8-6-17)30-15-27-24(32)25(30)10-12-29(13-11-25)14-16-4-9-21-22(23(16)31)19-2-1-3-20(19)28-21/h5-8,16,28H,1-4,9-15H2,(H,27,32). The number of hydrogen-bond acceptors (Lipinski definition) is 4. The SMILES string of the molecule is O=C1c2c([nH]c3c2CCC3)CCC1CN1CCC2(CC1)C(=O)NCN2c1ccc(Cl)cc1. The summed E-state index contributed by atoms with van der Waals surface area (Å²) in [6.07, 6.45) is 6.73. The fourth-order valence-corrected chi connectivity index (χ4v) is 6.49. The predicted molar refractivity (Wildman–Crippen MR) is 124 cm³/mol. The topological polar surface area (TPSA) is 68.4 Å². The number of halogens is 1. The highest BCUT2D eigenvalue weighted by Gasteiger charge is 2.50. The van der Waals surface area contributed by atoms with Crippen molar-refractivity contribution in [2.45, 2.75) is 50.5 Å². The van der Waals surface area contributed by atoms with Crippen LogP contribution in [0.1, 0.15) is 53.0 Å². The zero-order valence-corrected chi connectivity index (χ0v) is 19.0. The molecule has 3 heterocycles. The maximum absolute atomic E-state index is 13.3. The Bertz CT molecular complexity index is 1070. The van der Waals surface area contributed by atoms with Gasteiger partial charge in [-0.1, -0.05) is 11.6 Å². The summed E-state index contributed by atoms with van der Waals surface area (Å²) in [7, 11) is 0. The lowest BCUT2D eigenvalue weighted by atomic mass is 9.82. The van der Waals surface area contributed by atoms with E-state index in [0.717, 1.165) is 75.8 Å². The van der Waals surface area contributed by atoms with Gasteiger partial charge in [-0.25, -0.2) is 0 Å². The van der Waals surface area contributed by atoms with Crippen LogP contribution in [0.5, 0.6) is 0 Å². The number of aromatic amines is 1. The minimum Gasteiger partial charge on any atom is -0.361 e. The van der Waals surface area contributed by atoms with Gasteiger partial charge in [-0.3, -0.25) is 9.59 Å². The fourth-order valence-electron chi connectivity index (χ4n) is 6.36. The number of aromatic nitrogens is 1. The molecule has 168 valence electrons. The van der Waals surface area contributed by atoms with Crippen LogP contribution in [-0.4, -0.2) is 53.4 Å². The minimum atomic E-state index is -0.504. The van der Waals surface area contributed by atoms with Crippen molar-refractivity contribution in [3.05, 3.63) is 51.8 Å². The number of benzene rings is 1. The third-order valence-electron chi connectivity index (χ3n) is 8.12.